The lowest BCUT2D eigenvalue weighted by Crippen LogP contribution is -2.07. The summed E-state index contributed by atoms with van der Waals surface area (Å²) < 4.78 is 0.829. The maximum Gasteiger partial charge on any atom is 0.293 e. The van der Waals surface area contributed by atoms with Crippen LogP contribution in [0.4, 0.5) is 11.4 Å². The Morgan fingerprint density at radius 1 is 1.48 bits per heavy atom. The number of aromatic amines is 1. The molecule has 2 N–H and O–H groups in total. The maximum absolute atomic E-state index is 11.2. The summed E-state index contributed by atoms with van der Waals surface area (Å²) in [5.74, 6) is 0.843. The van der Waals surface area contributed by atoms with Crippen LogP contribution in [0.15, 0.2) is 24.5 Å². The highest BCUT2D eigenvalue weighted by Gasteiger charge is 2.16. The van der Waals surface area contributed by atoms with E-state index >= 15 is 0 Å². The first-order valence-electron chi connectivity index (χ1n) is 6.41. The van der Waals surface area contributed by atoms with Crippen LogP contribution in [0.2, 0.25) is 0 Å². The lowest BCUT2D eigenvalue weighted by molar-refractivity contribution is -0.383. The Morgan fingerprint density at radius 3 is 3.05 bits per heavy atom. The predicted octanol–water partition coefficient (Wildman–Crippen LogP) is 2.89. The quantitative estimate of drug-likeness (QED) is 0.558. The molecule has 2 aromatic heterocycles. The van der Waals surface area contributed by atoms with E-state index in [0.717, 1.165) is 21.0 Å². The average molecular weight is 303 g/mol. The number of aromatic nitrogens is 3. The number of nitro groups is 1. The third-order valence-corrected chi connectivity index (χ3v) is 3.98. The lowest BCUT2D eigenvalue weighted by atomic mass is 10.2. The van der Waals surface area contributed by atoms with Gasteiger partial charge in [-0.1, -0.05) is 0 Å². The van der Waals surface area contributed by atoms with Crippen LogP contribution >= 0.6 is 11.3 Å². The summed E-state index contributed by atoms with van der Waals surface area (Å²) in [6.07, 6.45) is 4.10. The van der Waals surface area contributed by atoms with Crippen molar-refractivity contribution < 1.29 is 4.92 Å². The van der Waals surface area contributed by atoms with E-state index in [-0.39, 0.29) is 10.6 Å². The second-order valence-electron chi connectivity index (χ2n) is 4.54. The van der Waals surface area contributed by atoms with Crippen molar-refractivity contribution in [3.05, 3.63) is 45.5 Å². The number of rotatable bonds is 5. The van der Waals surface area contributed by atoms with Gasteiger partial charge in [0.05, 0.1) is 20.1 Å². The molecule has 21 heavy (non-hydrogen) atoms. The van der Waals surface area contributed by atoms with Crippen molar-refractivity contribution in [2.75, 3.05) is 11.9 Å². The molecule has 8 heteroatoms. The van der Waals surface area contributed by atoms with Crippen molar-refractivity contribution in [1.82, 2.24) is 15.0 Å². The fourth-order valence-electron chi connectivity index (χ4n) is 2.12. The molecule has 0 saturated heterocycles. The predicted molar refractivity (Wildman–Crippen MR) is 81.8 cm³/mol. The van der Waals surface area contributed by atoms with E-state index in [9.17, 15) is 10.1 Å². The summed E-state index contributed by atoms with van der Waals surface area (Å²) in [5.41, 5.74) is 1.35. The van der Waals surface area contributed by atoms with Crippen molar-refractivity contribution in [3.63, 3.8) is 0 Å². The number of hydrogen-bond acceptors (Lipinski definition) is 6. The topological polar surface area (TPSA) is 96.7 Å². The molecule has 1 aromatic carbocycles. The molecule has 0 aliphatic heterocycles. The highest BCUT2D eigenvalue weighted by Crippen LogP contribution is 2.32. The number of nitrogens with one attached hydrogen (secondary N) is 2. The Balaban J connectivity index is 1.84. The number of fused-ring (bicyclic) bond motifs is 1. The third kappa shape index (κ3) is 2.84. The van der Waals surface area contributed by atoms with Gasteiger partial charge in [0.1, 0.15) is 11.5 Å². The fraction of sp³-hybridized carbons (Fsp3) is 0.231. The molecule has 3 aromatic rings. The number of hydrogen-bond donors (Lipinski definition) is 2. The normalized spacial score (nSPS) is 10.9. The van der Waals surface area contributed by atoms with E-state index in [1.165, 1.54) is 11.3 Å². The molecule has 108 valence electrons. The van der Waals surface area contributed by atoms with Gasteiger partial charge >= 0.3 is 0 Å². The summed E-state index contributed by atoms with van der Waals surface area (Å²) in [6.45, 7) is 2.45. The second-order valence-corrected chi connectivity index (χ2v) is 5.77. The molecule has 0 aliphatic carbocycles. The SMILES string of the molecule is Cc1nc2cc(NCCc3ncc[nH]3)c([N+](=O)[O-])cc2s1. The smallest absolute Gasteiger partial charge is 0.293 e. The molecule has 0 amide bonds. The Bertz CT molecular complexity index is 781. The van der Waals surface area contributed by atoms with E-state index in [0.29, 0.717) is 18.7 Å². The van der Waals surface area contributed by atoms with Gasteiger partial charge in [-0.05, 0) is 13.0 Å². The summed E-state index contributed by atoms with van der Waals surface area (Å²) in [6, 6.07) is 3.31. The van der Waals surface area contributed by atoms with Crippen molar-refractivity contribution in [2.24, 2.45) is 0 Å². The largest absolute Gasteiger partial charge is 0.379 e. The number of aryl methyl sites for hydroxylation is 1. The number of imidazole rings is 1. The first kappa shape index (κ1) is 13.5. The number of thiazole rings is 1. The molecule has 2 heterocycles. The van der Waals surface area contributed by atoms with Gasteiger partial charge in [0.15, 0.2) is 0 Å². The zero-order chi connectivity index (χ0) is 14.8. The summed E-state index contributed by atoms with van der Waals surface area (Å²) in [5, 5.41) is 15.2. The van der Waals surface area contributed by atoms with Gasteiger partial charge in [-0.15, -0.1) is 11.3 Å². The average Bonchev–Trinajstić information content (AvgIpc) is 3.05. The fourth-order valence-corrected chi connectivity index (χ4v) is 2.96. The molecular weight excluding hydrogens is 290 g/mol. The molecule has 0 saturated carbocycles. The summed E-state index contributed by atoms with van der Waals surface area (Å²) in [7, 11) is 0. The molecule has 0 atom stereocenters. The minimum absolute atomic E-state index is 0.0746. The minimum Gasteiger partial charge on any atom is -0.379 e. The van der Waals surface area contributed by atoms with Crippen LogP contribution in [0, 0.1) is 17.0 Å². The first-order chi connectivity index (χ1) is 10.1. The molecule has 7 nitrogen and oxygen atoms in total. The van der Waals surface area contributed by atoms with E-state index in [4.69, 9.17) is 0 Å². The Hall–Kier alpha value is -2.48. The van der Waals surface area contributed by atoms with Gasteiger partial charge < -0.3 is 10.3 Å². The zero-order valence-electron chi connectivity index (χ0n) is 11.3. The summed E-state index contributed by atoms with van der Waals surface area (Å²) >= 11 is 1.46. The first-order valence-corrected chi connectivity index (χ1v) is 7.23. The molecule has 0 aliphatic rings. The van der Waals surface area contributed by atoms with Gasteiger partial charge in [-0.3, -0.25) is 10.1 Å². The Kier molecular flexibility index (Phi) is 3.53. The highest BCUT2D eigenvalue weighted by atomic mass is 32.1. The van der Waals surface area contributed by atoms with Crippen LogP contribution in [-0.2, 0) is 6.42 Å². The molecule has 0 radical (unpaired) electrons. The van der Waals surface area contributed by atoms with Crippen molar-refractivity contribution in [1.29, 1.82) is 0 Å². The molecule has 0 spiro atoms. The standard InChI is InChI=1S/C13H13N5O2S/c1-8-17-10-6-9(11(18(19)20)7-12(10)21-8)14-3-2-13-15-4-5-16-13/h4-7,14H,2-3H2,1H3,(H,15,16). The van der Waals surface area contributed by atoms with Crippen LogP contribution in [0.5, 0.6) is 0 Å². The van der Waals surface area contributed by atoms with E-state index in [1.54, 1.807) is 24.5 Å². The van der Waals surface area contributed by atoms with Crippen LogP contribution in [-0.4, -0.2) is 26.4 Å². The van der Waals surface area contributed by atoms with Crippen LogP contribution in [0.3, 0.4) is 0 Å². The van der Waals surface area contributed by atoms with Gasteiger partial charge in [-0.2, -0.15) is 0 Å². The number of nitro benzene ring substituents is 1. The maximum atomic E-state index is 11.2. The summed E-state index contributed by atoms with van der Waals surface area (Å²) in [4.78, 5) is 22.3. The van der Waals surface area contributed by atoms with Gasteiger partial charge in [0, 0.05) is 31.4 Å². The van der Waals surface area contributed by atoms with Crippen molar-refractivity contribution >= 4 is 32.9 Å². The zero-order valence-corrected chi connectivity index (χ0v) is 12.1. The minimum atomic E-state index is -0.371. The molecule has 0 fully saturated rings. The van der Waals surface area contributed by atoms with E-state index in [1.807, 2.05) is 6.92 Å². The van der Waals surface area contributed by atoms with Gasteiger partial charge in [0.2, 0.25) is 0 Å². The van der Waals surface area contributed by atoms with Crippen LogP contribution in [0.25, 0.3) is 10.2 Å². The van der Waals surface area contributed by atoms with E-state index < -0.39 is 0 Å². The monoisotopic (exact) mass is 303 g/mol. The van der Waals surface area contributed by atoms with Crippen LogP contribution in [0.1, 0.15) is 10.8 Å². The number of anilines is 1. The third-order valence-electron chi connectivity index (χ3n) is 3.04. The molecule has 3 rings (SSSR count). The van der Waals surface area contributed by atoms with Crippen molar-refractivity contribution in [2.45, 2.75) is 13.3 Å². The van der Waals surface area contributed by atoms with E-state index in [2.05, 4.69) is 20.3 Å². The second kappa shape index (κ2) is 5.49. The lowest BCUT2D eigenvalue weighted by Gasteiger charge is -2.06. The Labute approximate surface area is 124 Å². The Morgan fingerprint density at radius 2 is 2.33 bits per heavy atom. The highest BCUT2D eigenvalue weighted by molar-refractivity contribution is 7.18. The van der Waals surface area contributed by atoms with Crippen molar-refractivity contribution in [3.8, 4) is 0 Å². The molecular formula is C13H13N5O2S. The van der Waals surface area contributed by atoms with Crippen LogP contribution < -0.4 is 5.32 Å². The van der Waals surface area contributed by atoms with Gasteiger partial charge in [0.25, 0.3) is 5.69 Å². The number of benzene rings is 1. The molecule has 0 bridgehead atoms. The number of nitrogens with zero attached hydrogens (tertiary/aromatic N) is 3. The number of H-pyrrole nitrogens is 1. The van der Waals surface area contributed by atoms with Gasteiger partial charge in [-0.25, -0.2) is 9.97 Å². The molecule has 0 unspecified atom stereocenters.